The summed E-state index contributed by atoms with van der Waals surface area (Å²) in [4.78, 5) is 4.06. The highest BCUT2D eigenvalue weighted by Gasteiger charge is 2.18. The predicted molar refractivity (Wildman–Crippen MR) is 84.4 cm³/mol. The van der Waals surface area contributed by atoms with Crippen molar-refractivity contribution >= 4 is 0 Å². The summed E-state index contributed by atoms with van der Waals surface area (Å²) in [5.74, 6) is 0. The highest BCUT2D eigenvalue weighted by atomic mass is 15.3. The molecule has 0 saturated heterocycles. The molecule has 0 bridgehead atoms. The molecule has 22 heavy (non-hydrogen) atoms. The molecule has 0 aliphatic rings. The quantitative estimate of drug-likeness (QED) is 0.629. The van der Waals surface area contributed by atoms with Gasteiger partial charge in [0.15, 0.2) is 0 Å². The summed E-state index contributed by atoms with van der Waals surface area (Å²) in [6, 6.07) is 20.1. The van der Waals surface area contributed by atoms with Crippen LogP contribution in [-0.4, -0.2) is 25.0 Å². The van der Waals surface area contributed by atoms with Gasteiger partial charge in [-0.3, -0.25) is 5.10 Å². The van der Waals surface area contributed by atoms with Gasteiger partial charge < -0.3 is 0 Å². The average Bonchev–Trinajstić information content (AvgIpc) is 3.25. The first-order valence-electron chi connectivity index (χ1n) is 6.97. The number of aromatic amines is 1. The Morgan fingerprint density at radius 2 is 1.50 bits per heavy atom. The molecular weight excluding hydrogens is 274 g/mol. The van der Waals surface area contributed by atoms with Crippen molar-refractivity contribution in [1.82, 2.24) is 25.0 Å². The summed E-state index contributed by atoms with van der Waals surface area (Å²) in [6.07, 6.45) is 3.21. The fourth-order valence-corrected chi connectivity index (χ4v) is 2.49. The van der Waals surface area contributed by atoms with E-state index >= 15 is 0 Å². The van der Waals surface area contributed by atoms with Crippen molar-refractivity contribution < 1.29 is 0 Å². The molecule has 5 nitrogen and oxygen atoms in total. The molecule has 0 atom stereocenters. The van der Waals surface area contributed by atoms with Crippen LogP contribution in [0.3, 0.4) is 0 Å². The number of H-pyrrole nitrogens is 1. The summed E-state index contributed by atoms with van der Waals surface area (Å²) in [5, 5.41) is 11.9. The summed E-state index contributed by atoms with van der Waals surface area (Å²) in [5.41, 5.74) is 4.76. The van der Waals surface area contributed by atoms with Gasteiger partial charge in [-0.25, -0.2) is 9.67 Å². The first-order valence-corrected chi connectivity index (χ1v) is 6.97. The zero-order chi connectivity index (χ0) is 14.8. The fraction of sp³-hybridized carbons (Fsp3) is 0. The van der Waals surface area contributed by atoms with Gasteiger partial charge in [0.25, 0.3) is 0 Å². The SMILES string of the molecule is c1ccc(-c2n[nH]c(-c3ccccc3)c2-n2cncn2)cc1. The van der Waals surface area contributed by atoms with Crippen LogP contribution >= 0.6 is 0 Å². The van der Waals surface area contributed by atoms with Crippen molar-refractivity contribution in [1.29, 1.82) is 0 Å². The molecule has 4 aromatic rings. The Kier molecular flexibility index (Phi) is 3.01. The van der Waals surface area contributed by atoms with Crippen LogP contribution in [0.15, 0.2) is 73.3 Å². The van der Waals surface area contributed by atoms with E-state index in [-0.39, 0.29) is 0 Å². The molecule has 0 aliphatic carbocycles. The molecular formula is C17H13N5. The van der Waals surface area contributed by atoms with Crippen molar-refractivity contribution in [2.45, 2.75) is 0 Å². The van der Waals surface area contributed by atoms with Crippen LogP contribution in [0.5, 0.6) is 0 Å². The van der Waals surface area contributed by atoms with E-state index in [0.717, 1.165) is 28.2 Å². The molecule has 2 heterocycles. The fourth-order valence-electron chi connectivity index (χ4n) is 2.49. The predicted octanol–water partition coefficient (Wildman–Crippen LogP) is 3.32. The number of hydrogen-bond donors (Lipinski definition) is 1. The molecule has 0 aliphatic heterocycles. The number of nitrogens with zero attached hydrogens (tertiary/aromatic N) is 4. The third-order valence-electron chi connectivity index (χ3n) is 3.50. The standard InChI is InChI=1S/C17H13N5/c1-3-7-13(8-4-1)15-17(22-12-18-11-19-22)16(21-20-15)14-9-5-2-6-10-14/h1-12H,(H,20,21). The van der Waals surface area contributed by atoms with Crippen LogP contribution in [-0.2, 0) is 0 Å². The van der Waals surface area contributed by atoms with Crippen LogP contribution in [0.1, 0.15) is 0 Å². The highest BCUT2D eigenvalue weighted by Crippen LogP contribution is 2.32. The lowest BCUT2D eigenvalue weighted by atomic mass is 10.1. The lowest BCUT2D eigenvalue weighted by molar-refractivity contribution is 0.883. The third-order valence-corrected chi connectivity index (χ3v) is 3.50. The Labute approximate surface area is 127 Å². The maximum Gasteiger partial charge on any atom is 0.138 e. The molecule has 2 aromatic carbocycles. The topological polar surface area (TPSA) is 59.4 Å². The lowest BCUT2D eigenvalue weighted by Crippen LogP contribution is -1.97. The maximum atomic E-state index is 4.51. The maximum absolute atomic E-state index is 4.51. The van der Waals surface area contributed by atoms with Crippen LogP contribution in [0.2, 0.25) is 0 Å². The van der Waals surface area contributed by atoms with Gasteiger partial charge in [-0.2, -0.15) is 10.2 Å². The Bertz CT molecular complexity index is 807. The second-order valence-corrected chi connectivity index (χ2v) is 4.87. The van der Waals surface area contributed by atoms with Gasteiger partial charge in [-0.05, 0) is 0 Å². The molecule has 106 valence electrons. The largest absolute Gasteiger partial charge is 0.275 e. The zero-order valence-electron chi connectivity index (χ0n) is 11.7. The Morgan fingerprint density at radius 3 is 2.14 bits per heavy atom. The number of nitrogens with one attached hydrogen (secondary N) is 1. The van der Waals surface area contributed by atoms with Crippen LogP contribution < -0.4 is 0 Å². The van der Waals surface area contributed by atoms with Crippen molar-refractivity contribution in [3.05, 3.63) is 73.3 Å². The molecule has 0 fully saturated rings. The molecule has 4 rings (SSSR count). The number of rotatable bonds is 3. The molecule has 0 amide bonds. The van der Waals surface area contributed by atoms with Crippen LogP contribution in [0.4, 0.5) is 0 Å². The van der Waals surface area contributed by atoms with Gasteiger partial charge in [0.2, 0.25) is 0 Å². The average molecular weight is 287 g/mol. The smallest absolute Gasteiger partial charge is 0.138 e. The van der Waals surface area contributed by atoms with Gasteiger partial charge in [0.05, 0.1) is 5.69 Å². The van der Waals surface area contributed by atoms with E-state index < -0.39 is 0 Å². The molecule has 0 saturated carbocycles. The van der Waals surface area contributed by atoms with Gasteiger partial charge in [0, 0.05) is 11.1 Å². The minimum absolute atomic E-state index is 0.852. The van der Waals surface area contributed by atoms with Crippen LogP contribution in [0.25, 0.3) is 28.2 Å². The first-order chi connectivity index (χ1) is 10.9. The second-order valence-electron chi connectivity index (χ2n) is 4.87. The third kappa shape index (κ3) is 2.09. The Morgan fingerprint density at radius 1 is 0.818 bits per heavy atom. The lowest BCUT2D eigenvalue weighted by Gasteiger charge is -2.06. The van der Waals surface area contributed by atoms with Gasteiger partial charge in [0.1, 0.15) is 24.0 Å². The minimum Gasteiger partial charge on any atom is -0.275 e. The summed E-state index contributed by atoms with van der Waals surface area (Å²) < 4.78 is 1.74. The summed E-state index contributed by atoms with van der Waals surface area (Å²) in [7, 11) is 0. The van der Waals surface area contributed by atoms with E-state index in [1.165, 1.54) is 6.33 Å². The van der Waals surface area contributed by atoms with E-state index in [1.807, 2.05) is 60.7 Å². The summed E-state index contributed by atoms with van der Waals surface area (Å²) in [6.45, 7) is 0. The van der Waals surface area contributed by atoms with E-state index in [0.29, 0.717) is 0 Å². The monoisotopic (exact) mass is 287 g/mol. The van der Waals surface area contributed by atoms with Crippen molar-refractivity contribution in [2.24, 2.45) is 0 Å². The molecule has 0 spiro atoms. The van der Waals surface area contributed by atoms with Gasteiger partial charge in [-0.15, -0.1) is 0 Å². The van der Waals surface area contributed by atoms with Gasteiger partial charge >= 0.3 is 0 Å². The summed E-state index contributed by atoms with van der Waals surface area (Å²) >= 11 is 0. The van der Waals surface area contributed by atoms with E-state index in [2.05, 4.69) is 20.3 Å². The Hall–Kier alpha value is -3.21. The molecule has 0 radical (unpaired) electrons. The normalized spacial score (nSPS) is 10.7. The first kappa shape index (κ1) is 12.5. The highest BCUT2D eigenvalue weighted by molar-refractivity contribution is 5.80. The van der Waals surface area contributed by atoms with Crippen LogP contribution in [0, 0.1) is 0 Å². The van der Waals surface area contributed by atoms with Crippen molar-refractivity contribution in [3.63, 3.8) is 0 Å². The van der Waals surface area contributed by atoms with E-state index in [9.17, 15) is 0 Å². The van der Waals surface area contributed by atoms with Crippen molar-refractivity contribution in [2.75, 3.05) is 0 Å². The number of benzene rings is 2. The number of aromatic nitrogens is 5. The molecule has 1 N–H and O–H groups in total. The second kappa shape index (κ2) is 5.29. The van der Waals surface area contributed by atoms with Crippen molar-refractivity contribution in [3.8, 4) is 28.2 Å². The Balaban J connectivity index is 1.96. The minimum atomic E-state index is 0.852. The van der Waals surface area contributed by atoms with E-state index in [4.69, 9.17) is 0 Å². The van der Waals surface area contributed by atoms with Gasteiger partial charge in [-0.1, -0.05) is 60.7 Å². The van der Waals surface area contributed by atoms with E-state index in [1.54, 1.807) is 11.0 Å². The molecule has 0 unspecified atom stereocenters. The number of hydrogen-bond acceptors (Lipinski definition) is 3. The zero-order valence-corrected chi connectivity index (χ0v) is 11.7. The molecule has 2 aromatic heterocycles. The molecule has 5 heteroatoms.